The van der Waals surface area contributed by atoms with Gasteiger partial charge in [0.25, 0.3) is 0 Å². The molecule has 0 bridgehead atoms. The minimum atomic E-state index is 0.680. The van der Waals surface area contributed by atoms with Crippen LogP contribution < -0.4 is 15.4 Å². The van der Waals surface area contributed by atoms with Crippen molar-refractivity contribution in [2.75, 3.05) is 40.3 Å². The molecule has 1 aliphatic rings. The summed E-state index contributed by atoms with van der Waals surface area (Å²) in [7, 11) is 3.99. The van der Waals surface area contributed by atoms with E-state index in [1.54, 1.807) is 0 Å². The molecule has 1 atom stereocenters. The van der Waals surface area contributed by atoms with Gasteiger partial charge in [0.1, 0.15) is 5.75 Å². The normalized spacial score (nSPS) is 19.2. The molecule has 0 aliphatic carbocycles. The Morgan fingerprint density at radius 1 is 1.36 bits per heavy atom. The van der Waals surface area contributed by atoms with Crippen LogP contribution in [0.15, 0.2) is 29.3 Å². The maximum Gasteiger partial charge on any atom is 0.191 e. The molecule has 122 valence electrons. The number of para-hydroxylation sites is 1. The second-order valence-corrected chi connectivity index (χ2v) is 5.76. The fourth-order valence-electron chi connectivity index (χ4n) is 2.78. The summed E-state index contributed by atoms with van der Waals surface area (Å²) < 4.78 is 5.65. The van der Waals surface area contributed by atoms with Crippen LogP contribution >= 0.6 is 0 Å². The van der Waals surface area contributed by atoms with Gasteiger partial charge >= 0.3 is 0 Å². The van der Waals surface area contributed by atoms with Gasteiger partial charge in [-0.1, -0.05) is 18.2 Å². The highest BCUT2D eigenvalue weighted by molar-refractivity contribution is 5.79. The molecule has 1 aliphatic heterocycles. The van der Waals surface area contributed by atoms with Gasteiger partial charge in [-0.05, 0) is 38.9 Å². The van der Waals surface area contributed by atoms with Crippen LogP contribution in [0.1, 0.15) is 18.9 Å². The van der Waals surface area contributed by atoms with Gasteiger partial charge in [0, 0.05) is 32.2 Å². The molecule has 2 N–H and O–H groups in total. The minimum Gasteiger partial charge on any atom is -0.494 e. The van der Waals surface area contributed by atoms with Crippen molar-refractivity contribution in [1.29, 1.82) is 0 Å². The van der Waals surface area contributed by atoms with E-state index in [1.165, 1.54) is 13.0 Å². The van der Waals surface area contributed by atoms with Gasteiger partial charge in [-0.25, -0.2) is 0 Å². The number of hydrogen-bond donors (Lipinski definition) is 2. The monoisotopic (exact) mass is 304 g/mol. The fourth-order valence-corrected chi connectivity index (χ4v) is 2.78. The number of rotatable bonds is 6. The van der Waals surface area contributed by atoms with Gasteiger partial charge in [-0.15, -0.1) is 0 Å². The molecule has 0 amide bonds. The first-order valence-corrected chi connectivity index (χ1v) is 8.06. The number of likely N-dealkylation sites (tertiary alicyclic amines) is 1. The summed E-state index contributed by atoms with van der Waals surface area (Å²) in [5, 5.41) is 6.79. The summed E-state index contributed by atoms with van der Waals surface area (Å²) in [4.78, 5) is 6.67. The third-order valence-electron chi connectivity index (χ3n) is 3.99. The minimum absolute atomic E-state index is 0.680. The number of benzene rings is 1. The van der Waals surface area contributed by atoms with Crippen LogP contribution in [0.4, 0.5) is 0 Å². The Labute approximate surface area is 133 Å². The SMILES string of the molecule is CCOc1ccccc1CNC(=NC)NCC1CCN(C)C1. The van der Waals surface area contributed by atoms with Crippen molar-refractivity contribution in [3.8, 4) is 5.75 Å². The summed E-state index contributed by atoms with van der Waals surface area (Å²) in [5.41, 5.74) is 1.15. The van der Waals surface area contributed by atoms with E-state index < -0.39 is 0 Å². The number of nitrogens with one attached hydrogen (secondary N) is 2. The quantitative estimate of drug-likeness (QED) is 0.620. The predicted molar refractivity (Wildman–Crippen MR) is 91.4 cm³/mol. The van der Waals surface area contributed by atoms with Crippen molar-refractivity contribution in [1.82, 2.24) is 15.5 Å². The topological polar surface area (TPSA) is 48.9 Å². The second kappa shape index (κ2) is 8.63. The number of nitrogens with zero attached hydrogens (tertiary/aromatic N) is 2. The molecule has 5 heteroatoms. The lowest BCUT2D eigenvalue weighted by Crippen LogP contribution is -2.39. The molecule has 1 fully saturated rings. The summed E-state index contributed by atoms with van der Waals surface area (Å²) in [6, 6.07) is 8.12. The first kappa shape index (κ1) is 16.6. The zero-order valence-electron chi connectivity index (χ0n) is 13.9. The lowest BCUT2D eigenvalue weighted by atomic mass is 10.1. The van der Waals surface area contributed by atoms with E-state index >= 15 is 0 Å². The molecule has 5 nitrogen and oxygen atoms in total. The molecule has 2 rings (SSSR count). The van der Waals surface area contributed by atoms with Crippen LogP contribution in [-0.2, 0) is 6.54 Å². The first-order chi connectivity index (χ1) is 10.7. The molecular formula is C17H28N4O. The highest BCUT2D eigenvalue weighted by Crippen LogP contribution is 2.17. The van der Waals surface area contributed by atoms with Gasteiger partial charge in [0.2, 0.25) is 0 Å². The van der Waals surface area contributed by atoms with Crippen LogP contribution in [-0.4, -0.2) is 51.2 Å². The van der Waals surface area contributed by atoms with Crippen LogP contribution in [0.2, 0.25) is 0 Å². The zero-order valence-corrected chi connectivity index (χ0v) is 13.9. The Morgan fingerprint density at radius 3 is 2.86 bits per heavy atom. The van der Waals surface area contributed by atoms with E-state index in [1.807, 2.05) is 32.2 Å². The maximum atomic E-state index is 5.65. The van der Waals surface area contributed by atoms with Crippen molar-refractivity contribution in [2.24, 2.45) is 10.9 Å². The highest BCUT2D eigenvalue weighted by atomic mass is 16.5. The highest BCUT2D eigenvalue weighted by Gasteiger charge is 2.19. The lowest BCUT2D eigenvalue weighted by Gasteiger charge is -2.16. The van der Waals surface area contributed by atoms with Crippen LogP contribution in [0.3, 0.4) is 0 Å². The van der Waals surface area contributed by atoms with Crippen molar-refractivity contribution >= 4 is 5.96 Å². The van der Waals surface area contributed by atoms with E-state index in [2.05, 4.69) is 33.6 Å². The molecular weight excluding hydrogens is 276 g/mol. The number of guanidine groups is 1. The Kier molecular flexibility index (Phi) is 6.52. The van der Waals surface area contributed by atoms with Crippen molar-refractivity contribution in [3.05, 3.63) is 29.8 Å². The zero-order chi connectivity index (χ0) is 15.8. The van der Waals surface area contributed by atoms with E-state index in [-0.39, 0.29) is 0 Å². The number of aliphatic imine (C=N–C) groups is 1. The first-order valence-electron chi connectivity index (χ1n) is 8.06. The van der Waals surface area contributed by atoms with E-state index in [0.29, 0.717) is 19.1 Å². The summed E-state index contributed by atoms with van der Waals surface area (Å²) in [5.74, 6) is 2.49. The van der Waals surface area contributed by atoms with Crippen molar-refractivity contribution in [3.63, 3.8) is 0 Å². The van der Waals surface area contributed by atoms with Crippen LogP contribution in [0, 0.1) is 5.92 Å². The van der Waals surface area contributed by atoms with Crippen molar-refractivity contribution < 1.29 is 4.74 Å². The molecule has 1 aromatic carbocycles. The Hall–Kier alpha value is -1.75. The molecule has 0 aromatic heterocycles. The molecule has 1 aromatic rings. The van der Waals surface area contributed by atoms with Crippen LogP contribution in [0.25, 0.3) is 0 Å². The number of ether oxygens (including phenoxy) is 1. The van der Waals surface area contributed by atoms with Crippen molar-refractivity contribution in [2.45, 2.75) is 19.9 Å². The van der Waals surface area contributed by atoms with E-state index in [0.717, 1.165) is 30.4 Å². The lowest BCUT2D eigenvalue weighted by molar-refractivity contribution is 0.336. The summed E-state index contributed by atoms with van der Waals surface area (Å²) >= 11 is 0. The average molecular weight is 304 g/mol. The smallest absolute Gasteiger partial charge is 0.191 e. The van der Waals surface area contributed by atoms with E-state index in [9.17, 15) is 0 Å². The standard InChI is InChI=1S/C17H28N4O/c1-4-22-16-8-6-5-7-15(16)12-20-17(18-2)19-11-14-9-10-21(3)13-14/h5-8,14H,4,9-13H2,1-3H3,(H2,18,19,20). The Morgan fingerprint density at radius 2 is 2.18 bits per heavy atom. The number of hydrogen-bond acceptors (Lipinski definition) is 3. The molecule has 0 radical (unpaired) electrons. The van der Waals surface area contributed by atoms with Crippen LogP contribution in [0.5, 0.6) is 5.75 Å². The Balaban J connectivity index is 1.81. The summed E-state index contributed by atoms with van der Waals surface area (Å²) in [6.07, 6.45) is 1.26. The molecule has 22 heavy (non-hydrogen) atoms. The predicted octanol–water partition coefficient (Wildman–Crippen LogP) is 1.70. The van der Waals surface area contributed by atoms with Gasteiger partial charge in [-0.3, -0.25) is 4.99 Å². The maximum absolute atomic E-state index is 5.65. The summed E-state index contributed by atoms with van der Waals surface area (Å²) in [6.45, 7) is 6.72. The van der Waals surface area contributed by atoms with Gasteiger partial charge < -0.3 is 20.3 Å². The van der Waals surface area contributed by atoms with Gasteiger partial charge in [0.15, 0.2) is 5.96 Å². The molecule has 0 saturated carbocycles. The third kappa shape index (κ3) is 4.91. The molecule has 0 spiro atoms. The van der Waals surface area contributed by atoms with Gasteiger partial charge in [0.05, 0.1) is 6.61 Å². The average Bonchev–Trinajstić information content (AvgIpc) is 2.95. The van der Waals surface area contributed by atoms with Gasteiger partial charge in [-0.2, -0.15) is 0 Å². The molecule has 1 heterocycles. The fraction of sp³-hybridized carbons (Fsp3) is 0.588. The molecule has 1 saturated heterocycles. The Bertz CT molecular complexity index is 489. The second-order valence-electron chi connectivity index (χ2n) is 5.76. The largest absolute Gasteiger partial charge is 0.494 e. The third-order valence-corrected chi connectivity index (χ3v) is 3.99. The van der Waals surface area contributed by atoms with E-state index in [4.69, 9.17) is 4.74 Å². The molecule has 1 unspecified atom stereocenters.